The predicted octanol–water partition coefficient (Wildman–Crippen LogP) is 2.75. The second-order valence-corrected chi connectivity index (χ2v) is 5.40. The Morgan fingerprint density at radius 2 is 2.05 bits per heavy atom. The van der Waals surface area contributed by atoms with E-state index in [1.807, 2.05) is 24.3 Å². The Labute approximate surface area is 131 Å². The van der Waals surface area contributed by atoms with E-state index in [1.54, 1.807) is 19.2 Å². The van der Waals surface area contributed by atoms with Crippen LogP contribution >= 0.6 is 15.9 Å². The van der Waals surface area contributed by atoms with E-state index in [4.69, 9.17) is 16.2 Å². The van der Waals surface area contributed by atoms with Gasteiger partial charge in [0.15, 0.2) is 0 Å². The Morgan fingerprint density at radius 3 is 2.67 bits per heavy atom. The van der Waals surface area contributed by atoms with Gasteiger partial charge < -0.3 is 21.5 Å². The first-order valence-electron chi connectivity index (χ1n) is 6.27. The molecule has 21 heavy (non-hydrogen) atoms. The van der Waals surface area contributed by atoms with Crippen LogP contribution in [0.5, 0.6) is 5.75 Å². The zero-order valence-electron chi connectivity index (χ0n) is 11.5. The SMILES string of the molecule is COc1ccc(CNc2ccc(Br)cc2C(N)=O)cc1N. The monoisotopic (exact) mass is 349 g/mol. The number of methoxy groups -OCH3 is 1. The third kappa shape index (κ3) is 3.66. The summed E-state index contributed by atoms with van der Waals surface area (Å²) in [5, 5.41) is 3.18. The highest BCUT2D eigenvalue weighted by molar-refractivity contribution is 9.10. The molecule has 0 saturated carbocycles. The molecule has 0 aliphatic rings. The van der Waals surface area contributed by atoms with Crippen molar-refractivity contribution in [2.45, 2.75) is 6.54 Å². The molecule has 0 fully saturated rings. The van der Waals surface area contributed by atoms with Gasteiger partial charge in [0, 0.05) is 16.7 Å². The number of carbonyl (C=O) groups excluding carboxylic acids is 1. The van der Waals surface area contributed by atoms with Gasteiger partial charge in [-0.05, 0) is 35.9 Å². The summed E-state index contributed by atoms with van der Waals surface area (Å²) >= 11 is 3.32. The predicted molar refractivity (Wildman–Crippen MR) is 87.4 cm³/mol. The Hall–Kier alpha value is -2.21. The molecule has 110 valence electrons. The number of primary amides is 1. The van der Waals surface area contributed by atoms with Crippen molar-refractivity contribution in [3.8, 4) is 5.75 Å². The molecule has 0 bridgehead atoms. The topological polar surface area (TPSA) is 90.4 Å². The van der Waals surface area contributed by atoms with Crippen molar-refractivity contribution in [2.75, 3.05) is 18.2 Å². The first-order chi connectivity index (χ1) is 10.0. The number of rotatable bonds is 5. The molecule has 5 N–H and O–H groups in total. The molecular formula is C15H16BrN3O2. The molecule has 2 rings (SSSR count). The quantitative estimate of drug-likeness (QED) is 0.724. The van der Waals surface area contributed by atoms with Crippen LogP contribution in [-0.2, 0) is 6.54 Å². The number of ether oxygens (including phenoxy) is 1. The normalized spacial score (nSPS) is 10.2. The van der Waals surface area contributed by atoms with Gasteiger partial charge in [0.2, 0.25) is 0 Å². The highest BCUT2D eigenvalue weighted by Crippen LogP contribution is 2.24. The standard InChI is InChI=1S/C15H16BrN3O2/c1-21-14-5-2-9(6-12(14)17)8-19-13-4-3-10(16)7-11(13)15(18)20/h2-7,19H,8,17H2,1H3,(H2,18,20). The van der Waals surface area contributed by atoms with E-state index in [0.29, 0.717) is 29.2 Å². The van der Waals surface area contributed by atoms with E-state index < -0.39 is 5.91 Å². The Bertz CT molecular complexity index is 674. The Morgan fingerprint density at radius 1 is 1.29 bits per heavy atom. The van der Waals surface area contributed by atoms with E-state index in [1.165, 1.54) is 0 Å². The maximum absolute atomic E-state index is 11.4. The summed E-state index contributed by atoms with van der Waals surface area (Å²) in [4.78, 5) is 11.4. The van der Waals surface area contributed by atoms with Crippen LogP contribution < -0.4 is 21.5 Å². The zero-order valence-corrected chi connectivity index (χ0v) is 13.1. The van der Waals surface area contributed by atoms with Crippen molar-refractivity contribution in [3.63, 3.8) is 0 Å². The molecule has 0 atom stereocenters. The van der Waals surface area contributed by atoms with Crippen LogP contribution in [0.2, 0.25) is 0 Å². The second kappa shape index (κ2) is 6.49. The Balaban J connectivity index is 2.16. The fourth-order valence-corrected chi connectivity index (χ4v) is 2.33. The Kier molecular flexibility index (Phi) is 4.70. The number of amides is 1. The largest absolute Gasteiger partial charge is 0.495 e. The second-order valence-electron chi connectivity index (χ2n) is 4.48. The fraction of sp³-hybridized carbons (Fsp3) is 0.133. The lowest BCUT2D eigenvalue weighted by Crippen LogP contribution is -2.14. The molecule has 0 aliphatic carbocycles. The number of nitrogen functional groups attached to an aromatic ring is 1. The highest BCUT2D eigenvalue weighted by Gasteiger charge is 2.09. The highest BCUT2D eigenvalue weighted by atomic mass is 79.9. The van der Waals surface area contributed by atoms with E-state index >= 15 is 0 Å². The van der Waals surface area contributed by atoms with E-state index in [-0.39, 0.29) is 0 Å². The average molecular weight is 350 g/mol. The van der Waals surface area contributed by atoms with Crippen LogP contribution in [0, 0.1) is 0 Å². The van der Waals surface area contributed by atoms with Gasteiger partial charge in [-0.2, -0.15) is 0 Å². The molecule has 0 unspecified atom stereocenters. The van der Waals surface area contributed by atoms with Gasteiger partial charge in [-0.1, -0.05) is 22.0 Å². The lowest BCUT2D eigenvalue weighted by Gasteiger charge is -2.12. The molecule has 1 amide bonds. The fourth-order valence-electron chi connectivity index (χ4n) is 1.97. The summed E-state index contributed by atoms with van der Waals surface area (Å²) in [6.07, 6.45) is 0. The van der Waals surface area contributed by atoms with Gasteiger partial charge in [0.1, 0.15) is 5.75 Å². The lowest BCUT2D eigenvalue weighted by atomic mass is 10.1. The number of nitrogens with two attached hydrogens (primary N) is 2. The molecule has 0 aromatic heterocycles. The third-order valence-corrected chi connectivity index (χ3v) is 3.52. The summed E-state index contributed by atoms with van der Waals surface area (Å²) < 4.78 is 5.92. The van der Waals surface area contributed by atoms with Gasteiger partial charge in [0.25, 0.3) is 5.91 Å². The number of hydrogen-bond acceptors (Lipinski definition) is 4. The zero-order chi connectivity index (χ0) is 15.4. The van der Waals surface area contributed by atoms with Crippen LogP contribution in [0.15, 0.2) is 40.9 Å². The minimum atomic E-state index is -0.479. The number of anilines is 2. The maximum atomic E-state index is 11.4. The molecule has 6 heteroatoms. The van der Waals surface area contributed by atoms with Gasteiger partial charge >= 0.3 is 0 Å². The van der Waals surface area contributed by atoms with Crippen molar-refractivity contribution >= 4 is 33.2 Å². The molecule has 0 heterocycles. The van der Waals surface area contributed by atoms with Gasteiger partial charge in [-0.25, -0.2) is 0 Å². The van der Waals surface area contributed by atoms with Gasteiger partial charge in [0.05, 0.1) is 18.4 Å². The number of carbonyl (C=O) groups is 1. The number of hydrogen-bond donors (Lipinski definition) is 3. The molecule has 0 radical (unpaired) electrons. The van der Waals surface area contributed by atoms with Gasteiger partial charge in [-0.3, -0.25) is 4.79 Å². The summed E-state index contributed by atoms with van der Waals surface area (Å²) in [6, 6.07) is 10.9. The van der Waals surface area contributed by atoms with Crippen LogP contribution in [0.1, 0.15) is 15.9 Å². The lowest BCUT2D eigenvalue weighted by molar-refractivity contribution is 0.100. The maximum Gasteiger partial charge on any atom is 0.250 e. The number of benzene rings is 2. The summed E-state index contributed by atoms with van der Waals surface area (Å²) in [5.74, 6) is 0.160. The number of halogens is 1. The van der Waals surface area contributed by atoms with Crippen LogP contribution in [0.25, 0.3) is 0 Å². The van der Waals surface area contributed by atoms with E-state index in [0.717, 1.165) is 10.0 Å². The number of nitrogens with one attached hydrogen (secondary N) is 1. The summed E-state index contributed by atoms with van der Waals surface area (Å²) in [7, 11) is 1.57. The molecular weight excluding hydrogens is 334 g/mol. The van der Waals surface area contributed by atoms with Crippen molar-refractivity contribution < 1.29 is 9.53 Å². The average Bonchev–Trinajstić information content (AvgIpc) is 2.46. The van der Waals surface area contributed by atoms with Crippen molar-refractivity contribution in [2.24, 2.45) is 5.73 Å². The van der Waals surface area contributed by atoms with Crippen molar-refractivity contribution in [1.82, 2.24) is 0 Å². The smallest absolute Gasteiger partial charge is 0.250 e. The van der Waals surface area contributed by atoms with Crippen molar-refractivity contribution in [1.29, 1.82) is 0 Å². The minimum absolute atomic E-state index is 0.436. The van der Waals surface area contributed by atoms with E-state index in [2.05, 4.69) is 21.2 Å². The van der Waals surface area contributed by atoms with Gasteiger partial charge in [-0.15, -0.1) is 0 Å². The molecule has 2 aromatic carbocycles. The molecule has 0 spiro atoms. The third-order valence-electron chi connectivity index (χ3n) is 3.02. The molecule has 0 saturated heterocycles. The molecule has 5 nitrogen and oxygen atoms in total. The minimum Gasteiger partial charge on any atom is -0.495 e. The summed E-state index contributed by atoms with van der Waals surface area (Å²) in [6.45, 7) is 0.524. The van der Waals surface area contributed by atoms with Crippen molar-refractivity contribution in [3.05, 3.63) is 52.0 Å². The van der Waals surface area contributed by atoms with Crippen LogP contribution in [0.4, 0.5) is 11.4 Å². The summed E-state index contributed by atoms with van der Waals surface area (Å²) in [5.41, 5.74) is 13.9. The molecule has 2 aromatic rings. The molecule has 0 aliphatic heterocycles. The first-order valence-corrected chi connectivity index (χ1v) is 7.06. The van der Waals surface area contributed by atoms with Crippen LogP contribution in [-0.4, -0.2) is 13.0 Å². The van der Waals surface area contributed by atoms with E-state index in [9.17, 15) is 4.79 Å². The van der Waals surface area contributed by atoms with Crippen LogP contribution in [0.3, 0.4) is 0 Å². The first kappa shape index (κ1) is 15.2.